The monoisotopic (exact) mass is 146 g/mol. The van der Waals surface area contributed by atoms with Gasteiger partial charge in [0.2, 0.25) is 5.91 Å². The van der Waals surface area contributed by atoms with Gasteiger partial charge in [0.25, 0.3) is 0 Å². The maximum Gasteiger partial charge on any atom is 0.247 e. The average Bonchev–Trinajstić information content (AvgIpc) is 1.98. The highest BCUT2D eigenvalue weighted by Gasteiger charge is 2.08. The van der Waals surface area contributed by atoms with Crippen LogP contribution in [-0.4, -0.2) is 19.1 Å². The number of carbonyl (C=O) groups excluding carboxylic acids is 1. The van der Waals surface area contributed by atoms with Crippen molar-refractivity contribution < 1.29 is 9.63 Å². The molecule has 0 rings (SSSR count). The first-order valence-electron chi connectivity index (χ1n) is 3.34. The van der Waals surface area contributed by atoms with Crippen molar-refractivity contribution in [3.05, 3.63) is 0 Å². The molecule has 0 aromatic rings. The summed E-state index contributed by atoms with van der Waals surface area (Å²) in [6.45, 7) is 4.36. The highest BCUT2D eigenvalue weighted by molar-refractivity contribution is 5.77. The maximum absolute atomic E-state index is 10.8. The van der Waals surface area contributed by atoms with Gasteiger partial charge in [0.1, 0.15) is 0 Å². The SMILES string of the molecule is CCONC(=O)C(C)CN. The molecule has 1 atom stereocenters. The van der Waals surface area contributed by atoms with E-state index in [0.717, 1.165) is 0 Å². The summed E-state index contributed by atoms with van der Waals surface area (Å²) in [4.78, 5) is 15.5. The van der Waals surface area contributed by atoms with E-state index in [0.29, 0.717) is 13.2 Å². The fraction of sp³-hybridized carbons (Fsp3) is 0.833. The van der Waals surface area contributed by atoms with Crippen LogP contribution in [0.15, 0.2) is 0 Å². The Hall–Kier alpha value is -0.610. The third-order valence-corrected chi connectivity index (χ3v) is 1.12. The molecule has 0 saturated carbocycles. The second-order valence-corrected chi connectivity index (χ2v) is 2.04. The van der Waals surface area contributed by atoms with Crippen molar-refractivity contribution in [2.45, 2.75) is 13.8 Å². The Kier molecular flexibility index (Phi) is 4.88. The third kappa shape index (κ3) is 3.42. The third-order valence-electron chi connectivity index (χ3n) is 1.12. The lowest BCUT2D eigenvalue weighted by Crippen LogP contribution is -2.33. The number of hydrogen-bond acceptors (Lipinski definition) is 3. The van der Waals surface area contributed by atoms with Crippen molar-refractivity contribution in [3.63, 3.8) is 0 Å². The van der Waals surface area contributed by atoms with E-state index >= 15 is 0 Å². The van der Waals surface area contributed by atoms with Crippen LogP contribution in [0.2, 0.25) is 0 Å². The molecule has 4 heteroatoms. The highest BCUT2D eigenvalue weighted by atomic mass is 16.6. The van der Waals surface area contributed by atoms with Gasteiger partial charge in [0, 0.05) is 12.5 Å². The van der Waals surface area contributed by atoms with Gasteiger partial charge in [0.05, 0.1) is 6.61 Å². The lowest BCUT2D eigenvalue weighted by molar-refractivity contribution is -0.136. The second-order valence-electron chi connectivity index (χ2n) is 2.04. The van der Waals surface area contributed by atoms with Gasteiger partial charge in [-0.1, -0.05) is 6.92 Å². The molecule has 0 radical (unpaired) electrons. The van der Waals surface area contributed by atoms with Crippen LogP contribution in [0.25, 0.3) is 0 Å². The first-order valence-corrected chi connectivity index (χ1v) is 3.34. The topological polar surface area (TPSA) is 64.3 Å². The van der Waals surface area contributed by atoms with Crippen LogP contribution >= 0.6 is 0 Å². The van der Waals surface area contributed by atoms with Crippen molar-refractivity contribution in [3.8, 4) is 0 Å². The molecular weight excluding hydrogens is 132 g/mol. The number of carbonyl (C=O) groups is 1. The van der Waals surface area contributed by atoms with E-state index in [9.17, 15) is 4.79 Å². The number of rotatable bonds is 4. The zero-order valence-electron chi connectivity index (χ0n) is 6.39. The normalized spacial score (nSPS) is 12.7. The molecule has 0 aliphatic rings. The molecule has 4 nitrogen and oxygen atoms in total. The number of hydrogen-bond donors (Lipinski definition) is 2. The average molecular weight is 146 g/mol. The van der Waals surface area contributed by atoms with Gasteiger partial charge in [-0.15, -0.1) is 0 Å². The van der Waals surface area contributed by atoms with Gasteiger partial charge in [-0.3, -0.25) is 9.63 Å². The molecule has 0 fully saturated rings. The molecule has 1 unspecified atom stereocenters. The molecule has 10 heavy (non-hydrogen) atoms. The van der Waals surface area contributed by atoms with E-state index in [-0.39, 0.29) is 11.8 Å². The van der Waals surface area contributed by atoms with E-state index in [4.69, 9.17) is 5.73 Å². The summed E-state index contributed by atoms with van der Waals surface area (Å²) in [6.07, 6.45) is 0. The Morgan fingerprint density at radius 1 is 1.80 bits per heavy atom. The van der Waals surface area contributed by atoms with Crippen LogP contribution in [0.4, 0.5) is 0 Å². The summed E-state index contributed by atoms with van der Waals surface area (Å²) in [5.74, 6) is -0.337. The first-order chi connectivity index (χ1) is 4.72. The lowest BCUT2D eigenvalue weighted by atomic mass is 10.2. The highest BCUT2D eigenvalue weighted by Crippen LogP contribution is 1.89. The van der Waals surface area contributed by atoms with E-state index in [1.54, 1.807) is 13.8 Å². The largest absolute Gasteiger partial charge is 0.330 e. The molecule has 0 bridgehead atoms. The molecule has 1 amide bonds. The Bertz CT molecular complexity index is 106. The van der Waals surface area contributed by atoms with Crippen molar-refractivity contribution in [1.29, 1.82) is 0 Å². The van der Waals surface area contributed by atoms with Gasteiger partial charge >= 0.3 is 0 Å². The summed E-state index contributed by atoms with van der Waals surface area (Å²) in [6, 6.07) is 0. The van der Waals surface area contributed by atoms with Crippen molar-refractivity contribution in [2.75, 3.05) is 13.2 Å². The fourth-order valence-electron chi connectivity index (χ4n) is 0.351. The molecule has 0 saturated heterocycles. The minimum atomic E-state index is -0.174. The number of nitrogens with two attached hydrogens (primary N) is 1. The Morgan fingerprint density at radius 2 is 2.40 bits per heavy atom. The lowest BCUT2D eigenvalue weighted by Gasteiger charge is -2.07. The molecule has 3 N–H and O–H groups in total. The number of amides is 1. The fourth-order valence-corrected chi connectivity index (χ4v) is 0.351. The van der Waals surface area contributed by atoms with E-state index in [1.807, 2.05) is 0 Å². The summed E-state index contributed by atoms with van der Waals surface area (Å²) >= 11 is 0. The van der Waals surface area contributed by atoms with Crippen molar-refractivity contribution in [1.82, 2.24) is 5.48 Å². The molecule has 60 valence electrons. The van der Waals surface area contributed by atoms with Crippen LogP contribution in [-0.2, 0) is 9.63 Å². The molecular formula is C6H14N2O2. The van der Waals surface area contributed by atoms with Gasteiger partial charge in [-0.05, 0) is 6.92 Å². The Morgan fingerprint density at radius 3 is 2.80 bits per heavy atom. The molecule has 0 aromatic heterocycles. The summed E-state index contributed by atoms with van der Waals surface area (Å²) in [7, 11) is 0. The van der Waals surface area contributed by atoms with Crippen LogP contribution in [0.5, 0.6) is 0 Å². The molecule has 0 aliphatic carbocycles. The smallest absolute Gasteiger partial charge is 0.247 e. The molecule has 0 heterocycles. The van der Waals surface area contributed by atoms with Crippen molar-refractivity contribution in [2.24, 2.45) is 11.7 Å². The molecule has 0 spiro atoms. The second kappa shape index (κ2) is 5.20. The Balaban J connectivity index is 3.42. The standard InChI is InChI=1S/C6H14N2O2/c1-3-10-8-6(9)5(2)4-7/h5H,3-4,7H2,1-2H3,(H,8,9). The minimum Gasteiger partial charge on any atom is -0.330 e. The zero-order valence-corrected chi connectivity index (χ0v) is 6.39. The van der Waals surface area contributed by atoms with Gasteiger partial charge < -0.3 is 5.73 Å². The zero-order chi connectivity index (χ0) is 7.98. The van der Waals surface area contributed by atoms with Crippen molar-refractivity contribution >= 4 is 5.91 Å². The number of nitrogens with one attached hydrogen (secondary N) is 1. The predicted molar refractivity (Wildman–Crippen MR) is 38.0 cm³/mol. The van der Waals surface area contributed by atoms with E-state index in [1.165, 1.54) is 0 Å². The van der Waals surface area contributed by atoms with E-state index in [2.05, 4.69) is 10.3 Å². The molecule has 0 aliphatic heterocycles. The van der Waals surface area contributed by atoms with Crippen LogP contribution in [0.1, 0.15) is 13.8 Å². The maximum atomic E-state index is 10.8. The van der Waals surface area contributed by atoms with Crippen LogP contribution in [0, 0.1) is 5.92 Å². The minimum absolute atomic E-state index is 0.163. The van der Waals surface area contributed by atoms with E-state index < -0.39 is 0 Å². The first kappa shape index (κ1) is 9.39. The quantitative estimate of drug-likeness (QED) is 0.533. The summed E-state index contributed by atoms with van der Waals surface area (Å²) in [5, 5.41) is 0. The number of hydroxylamine groups is 1. The Labute approximate surface area is 60.7 Å². The van der Waals surface area contributed by atoms with Gasteiger partial charge in [-0.2, -0.15) is 0 Å². The van der Waals surface area contributed by atoms with Gasteiger partial charge in [-0.25, -0.2) is 5.48 Å². The van der Waals surface area contributed by atoms with Crippen LogP contribution in [0.3, 0.4) is 0 Å². The summed E-state index contributed by atoms with van der Waals surface area (Å²) in [5.41, 5.74) is 7.49. The molecule has 0 aromatic carbocycles. The van der Waals surface area contributed by atoms with Crippen LogP contribution < -0.4 is 11.2 Å². The summed E-state index contributed by atoms with van der Waals surface area (Å²) < 4.78 is 0. The van der Waals surface area contributed by atoms with Gasteiger partial charge in [0.15, 0.2) is 0 Å². The predicted octanol–water partition coefficient (Wildman–Crippen LogP) is -0.351.